The van der Waals surface area contributed by atoms with Crippen molar-refractivity contribution < 1.29 is 4.39 Å². The first-order chi connectivity index (χ1) is 13.0. The van der Waals surface area contributed by atoms with Crippen LogP contribution >= 0.6 is 0 Å². The molecule has 0 saturated carbocycles. The molecule has 27 heavy (non-hydrogen) atoms. The van der Waals surface area contributed by atoms with Crippen LogP contribution in [0.1, 0.15) is 50.3 Å². The van der Waals surface area contributed by atoms with Crippen molar-refractivity contribution in [3.8, 4) is 0 Å². The van der Waals surface area contributed by atoms with Crippen molar-refractivity contribution in [3.63, 3.8) is 0 Å². The topological polar surface area (TPSA) is 32.3 Å². The minimum absolute atomic E-state index is 0.162. The van der Waals surface area contributed by atoms with Gasteiger partial charge in [-0.2, -0.15) is 5.10 Å². The van der Waals surface area contributed by atoms with Gasteiger partial charge in [-0.25, -0.2) is 4.39 Å². The zero-order valence-electron chi connectivity index (χ0n) is 16.4. The molecule has 2 fully saturated rings. The highest BCUT2D eigenvalue weighted by atomic mass is 19.1. The van der Waals surface area contributed by atoms with E-state index in [4.69, 9.17) is 0 Å². The molecule has 0 bridgehead atoms. The maximum atomic E-state index is 13.1. The van der Waals surface area contributed by atoms with Crippen molar-refractivity contribution in [2.45, 2.75) is 45.6 Å². The normalized spacial score (nSPS) is 23.5. The Bertz CT molecular complexity index is 759. The third kappa shape index (κ3) is 4.13. The van der Waals surface area contributed by atoms with Gasteiger partial charge in [-0.3, -0.25) is 4.90 Å². The average Bonchev–Trinajstić information content (AvgIpc) is 3.07. The summed E-state index contributed by atoms with van der Waals surface area (Å²) in [5.74, 6) is 1.26. The summed E-state index contributed by atoms with van der Waals surface area (Å²) in [6.07, 6.45) is 3.72. The molecule has 2 saturated heterocycles. The zero-order valence-corrected chi connectivity index (χ0v) is 16.4. The van der Waals surface area contributed by atoms with Gasteiger partial charge >= 0.3 is 0 Å². The minimum Gasteiger partial charge on any atom is -0.355 e. The van der Waals surface area contributed by atoms with Crippen LogP contribution in [0, 0.1) is 11.2 Å². The predicted octanol–water partition coefficient (Wildman–Crippen LogP) is 4.23. The van der Waals surface area contributed by atoms with Crippen LogP contribution in [0.2, 0.25) is 0 Å². The summed E-state index contributed by atoms with van der Waals surface area (Å²) < 4.78 is 13.1. The van der Waals surface area contributed by atoms with Crippen LogP contribution in [-0.4, -0.2) is 41.3 Å². The summed E-state index contributed by atoms with van der Waals surface area (Å²) in [5.41, 5.74) is 2.59. The molecule has 0 N–H and O–H groups in total. The first-order valence-electron chi connectivity index (χ1n) is 10.1. The second kappa shape index (κ2) is 7.55. The van der Waals surface area contributed by atoms with Crippen LogP contribution in [-0.2, 0) is 6.54 Å². The van der Waals surface area contributed by atoms with Gasteiger partial charge in [0.15, 0.2) is 5.82 Å². The van der Waals surface area contributed by atoms with Gasteiger partial charge in [0, 0.05) is 31.6 Å². The molecule has 1 aromatic carbocycles. The van der Waals surface area contributed by atoms with Crippen LogP contribution < -0.4 is 4.90 Å². The molecule has 5 heteroatoms. The van der Waals surface area contributed by atoms with Crippen LogP contribution in [0.5, 0.6) is 0 Å². The Balaban J connectivity index is 1.40. The number of rotatable bonds is 4. The molecule has 2 aromatic rings. The van der Waals surface area contributed by atoms with Crippen molar-refractivity contribution in [2.75, 3.05) is 31.1 Å². The number of piperidine rings is 1. The molecule has 1 atom stereocenters. The Morgan fingerprint density at radius 3 is 2.52 bits per heavy atom. The van der Waals surface area contributed by atoms with E-state index in [1.807, 2.05) is 12.1 Å². The van der Waals surface area contributed by atoms with E-state index < -0.39 is 0 Å². The van der Waals surface area contributed by atoms with Crippen LogP contribution in [0.15, 0.2) is 36.4 Å². The van der Waals surface area contributed by atoms with Gasteiger partial charge in [0.25, 0.3) is 0 Å². The monoisotopic (exact) mass is 368 g/mol. The summed E-state index contributed by atoms with van der Waals surface area (Å²) in [7, 11) is 0. The van der Waals surface area contributed by atoms with Crippen LogP contribution in [0.4, 0.5) is 10.2 Å². The fourth-order valence-electron chi connectivity index (χ4n) is 4.57. The lowest BCUT2D eigenvalue weighted by atomic mass is 9.79. The lowest BCUT2D eigenvalue weighted by molar-refractivity contribution is 0.0991. The summed E-state index contributed by atoms with van der Waals surface area (Å²) in [6, 6.07) is 11.2. The average molecular weight is 369 g/mol. The third-order valence-electron chi connectivity index (χ3n) is 6.08. The molecule has 4 rings (SSSR count). The van der Waals surface area contributed by atoms with Crippen molar-refractivity contribution in [1.82, 2.24) is 15.1 Å². The highest BCUT2D eigenvalue weighted by Crippen LogP contribution is 2.40. The number of nitrogens with zero attached hydrogens (tertiary/aromatic N) is 4. The van der Waals surface area contributed by atoms with Crippen molar-refractivity contribution in [2.24, 2.45) is 5.41 Å². The molecule has 1 aromatic heterocycles. The fraction of sp³-hybridized carbons (Fsp3) is 0.545. The standard InChI is InChI=1S/C22H29FN4/c1-17(2)20-8-9-21(25-24-20)27-13-11-22(16-27)10-3-12-26(15-22)14-18-4-6-19(23)7-5-18/h4-9,17H,3,10-16H2,1-2H3. The summed E-state index contributed by atoms with van der Waals surface area (Å²) in [5, 5.41) is 8.88. The van der Waals surface area contributed by atoms with Gasteiger partial charge < -0.3 is 4.90 Å². The molecular weight excluding hydrogens is 339 g/mol. The fourth-order valence-corrected chi connectivity index (χ4v) is 4.57. The molecule has 0 amide bonds. The first kappa shape index (κ1) is 18.4. The lowest BCUT2D eigenvalue weighted by Crippen LogP contribution is -2.44. The van der Waals surface area contributed by atoms with Crippen molar-refractivity contribution >= 4 is 5.82 Å². The highest BCUT2D eigenvalue weighted by Gasteiger charge is 2.41. The zero-order chi connectivity index (χ0) is 18.9. The molecule has 1 unspecified atom stereocenters. The van der Waals surface area contributed by atoms with E-state index in [-0.39, 0.29) is 5.82 Å². The molecule has 1 spiro atoms. The third-order valence-corrected chi connectivity index (χ3v) is 6.08. The Morgan fingerprint density at radius 1 is 1.00 bits per heavy atom. The van der Waals surface area contributed by atoms with Crippen molar-refractivity contribution in [3.05, 3.63) is 53.5 Å². The highest BCUT2D eigenvalue weighted by molar-refractivity contribution is 5.40. The van der Waals surface area contributed by atoms with Crippen molar-refractivity contribution in [1.29, 1.82) is 0 Å². The maximum Gasteiger partial charge on any atom is 0.151 e. The largest absolute Gasteiger partial charge is 0.355 e. The number of hydrogen-bond donors (Lipinski definition) is 0. The molecular formula is C22H29FN4. The van der Waals surface area contributed by atoms with E-state index in [1.165, 1.54) is 24.8 Å². The van der Waals surface area contributed by atoms with E-state index in [0.29, 0.717) is 11.3 Å². The Hall–Kier alpha value is -2.01. The maximum absolute atomic E-state index is 13.1. The molecule has 144 valence electrons. The quantitative estimate of drug-likeness (QED) is 0.808. The summed E-state index contributed by atoms with van der Waals surface area (Å²) in [6.45, 7) is 9.55. The summed E-state index contributed by atoms with van der Waals surface area (Å²) >= 11 is 0. The first-order valence-corrected chi connectivity index (χ1v) is 10.1. The van der Waals surface area contributed by atoms with Gasteiger partial charge in [-0.05, 0) is 61.6 Å². The molecule has 4 nitrogen and oxygen atoms in total. The molecule has 3 heterocycles. The molecule has 0 radical (unpaired) electrons. The van der Waals surface area contributed by atoms with E-state index in [2.05, 4.69) is 46.0 Å². The van der Waals surface area contributed by atoms with E-state index >= 15 is 0 Å². The number of halogens is 1. The Morgan fingerprint density at radius 2 is 1.81 bits per heavy atom. The van der Waals surface area contributed by atoms with Crippen LogP contribution in [0.25, 0.3) is 0 Å². The minimum atomic E-state index is -0.162. The van der Waals surface area contributed by atoms with Gasteiger partial charge in [-0.1, -0.05) is 26.0 Å². The van der Waals surface area contributed by atoms with E-state index in [0.717, 1.165) is 44.2 Å². The van der Waals surface area contributed by atoms with Gasteiger partial charge in [0.2, 0.25) is 0 Å². The number of likely N-dealkylation sites (tertiary alicyclic amines) is 1. The Kier molecular flexibility index (Phi) is 5.13. The number of hydrogen-bond acceptors (Lipinski definition) is 4. The van der Waals surface area contributed by atoms with E-state index in [1.54, 1.807) is 12.1 Å². The number of anilines is 1. The van der Waals surface area contributed by atoms with Gasteiger partial charge in [0.1, 0.15) is 5.82 Å². The SMILES string of the molecule is CC(C)c1ccc(N2CCC3(CCCN(Cc4ccc(F)cc4)C3)C2)nn1. The number of benzene rings is 1. The molecule has 0 aliphatic carbocycles. The molecule has 2 aliphatic heterocycles. The molecule has 2 aliphatic rings. The second-order valence-corrected chi connectivity index (χ2v) is 8.58. The number of aromatic nitrogens is 2. The predicted molar refractivity (Wildman–Crippen MR) is 106 cm³/mol. The van der Waals surface area contributed by atoms with Gasteiger partial charge in [0.05, 0.1) is 5.69 Å². The van der Waals surface area contributed by atoms with Crippen LogP contribution in [0.3, 0.4) is 0 Å². The lowest BCUT2D eigenvalue weighted by Gasteiger charge is -2.40. The second-order valence-electron chi connectivity index (χ2n) is 8.58. The smallest absolute Gasteiger partial charge is 0.151 e. The van der Waals surface area contributed by atoms with E-state index in [9.17, 15) is 4.39 Å². The van der Waals surface area contributed by atoms with Gasteiger partial charge in [-0.15, -0.1) is 5.10 Å². The Labute approximate surface area is 161 Å². The summed E-state index contributed by atoms with van der Waals surface area (Å²) in [4.78, 5) is 4.94.